The van der Waals surface area contributed by atoms with Crippen molar-refractivity contribution in [2.45, 2.75) is 38.8 Å². The highest BCUT2D eigenvalue weighted by Gasteiger charge is 2.40. The number of quaternary nitrogens is 1. The smallest absolute Gasteiger partial charge is 0.265 e. The molecule has 0 fully saturated rings. The molecule has 156 valence electrons. The fourth-order valence-electron chi connectivity index (χ4n) is 4.28. The van der Waals surface area contributed by atoms with Gasteiger partial charge < -0.3 is 24.2 Å². The predicted molar refractivity (Wildman–Crippen MR) is 109 cm³/mol. The Bertz CT molecular complexity index is 1060. The zero-order valence-electron chi connectivity index (χ0n) is 16.8. The van der Waals surface area contributed by atoms with Crippen molar-refractivity contribution >= 4 is 12.2 Å². The molecule has 0 spiro atoms. The summed E-state index contributed by atoms with van der Waals surface area (Å²) in [6, 6.07) is 1.53. The van der Waals surface area contributed by atoms with Gasteiger partial charge in [0.1, 0.15) is 5.56 Å². The summed E-state index contributed by atoms with van der Waals surface area (Å²) in [5, 5.41) is 11.1. The van der Waals surface area contributed by atoms with Crippen molar-refractivity contribution in [2.24, 2.45) is 0 Å². The fraction of sp³-hybridized carbons (Fsp3) is 0.500. The van der Waals surface area contributed by atoms with Crippen molar-refractivity contribution in [1.29, 1.82) is 0 Å². The third-order valence-corrected chi connectivity index (χ3v) is 6.07. The average Bonchev–Trinajstić information content (AvgIpc) is 3.16. The van der Waals surface area contributed by atoms with Crippen LogP contribution in [0.25, 0.3) is 0 Å². The number of aromatic nitrogens is 2. The van der Waals surface area contributed by atoms with E-state index in [2.05, 4.69) is 11.9 Å². The van der Waals surface area contributed by atoms with Gasteiger partial charge >= 0.3 is 0 Å². The van der Waals surface area contributed by atoms with Crippen LogP contribution < -0.4 is 24.7 Å². The van der Waals surface area contributed by atoms with Crippen LogP contribution in [0.4, 0.5) is 0 Å². The molecule has 2 aliphatic heterocycles. The number of nitrogens with one attached hydrogen (secondary N) is 2. The van der Waals surface area contributed by atoms with Gasteiger partial charge in [-0.15, -0.1) is 0 Å². The second kappa shape index (κ2) is 7.72. The summed E-state index contributed by atoms with van der Waals surface area (Å²) in [6.45, 7) is 3.54. The summed E-state index contributed by atoms with van der Waals surface area (Å²) in [4.78, 5) is 16.8. The van der Waals surface area contributed by atoms with E-state index in [0.717, 1.165) is 41.8 Å². The van der Waals surface area contributed by atoms with E-state index in [0.29, 0.717) is 29.4 Å². The lowest BCUT2D eigenvalue weighted by Crippen LogP contribution is -3.10. The molecular weight excluding hydrogens is 394 g/mol. The fourth-order valence-corrected chi connectivity index (χ4v) is 4.55. The second-order valence-corrected chi connectivity index (χ2v) is 7.88. The highest BCUT2D eigenvalue weighted by atomic mass is 32.1. The number of H-pyrrole nitrogens is 1. The third-order valence-electron chi connectivity index (χ3n) is 5.75. The molecule has 0 radical (unpaired) electrons. The molecule has 2 atom stereocenters. The summed E-state index contributed by atoms with van der Waals surface area (Å²) in [5.74, 6) is 1.67. The molecule has 0 saturated heterocycles. The molecule has 8 nitrogen and oxygen atoms in total. The number of hydrogen-bond donors (Lipinski definition) is 3. The van der Waals surface area contributed by atoms with Crippen molar-refractivity contribution in [1.82, 2.24) is 9.55 Å². The number of nitrogens with zero attached hydrogens (tertiary/aromatic N) is 1. The van der Waals surface area contributed by atoms with E-state index in [-0.39, 0.29) is 23.0 Å². The van der Waals surface area contributed by atoms with Gasteiger partial charge in [-0.1, -0.05) is 13.3 Å². The van der Waals surface area contributed by atoms with Crippen molar-refractivity contribution in [3.63, 3.8) is 0 Å². The molecule has 0 amide bonds. The first kappa shape index (κ1) is 19.8. The molecule has 1 aromatic carbocycles. The average molecular weight is 421 g/mol. The molecule has 3 N–H and O–H groups in total. The van der Waals surface area contributed by atoms with Crippen LogP contribution >= 0.6 is 12.2 Å². The number of ether oxygens (including phenoxy) is 3. The zero-order chi connectivity index (χ0) is 20.7. The van der Waals surface area contributed by atoms with Crippen LogP contribution in [0.5, 0.6) is 23.1 Å². The molecule has 3 heterocycles. The summed E-state index contributed by atoms with van der Waals surface area (Å²) >= 11 is 5.30. The Balaban J connectivity index is 1.96. The van der Waals surface area contributed by atoms with Crippen LogP contribution in [-0.4, -0.2) is 42.2 Å². The van der Waals surface area contributed by atoms with Gasteiger partial charge in [-0.25, -0.2) is 0 Å². The van der Waals surface area contributed by atoms with Crippen LogP contribution in [0.15, 0.2) is 10.9 Å². The number of fused-ring (bicyclic) bond motifs is 2. The molecule has 1 aromatic heterocycles. The van der Waals surface area contributed by atoms with Crippen molar-refractivity contribution < 1.29 is 24.2 Å². The molecule has 0 aliphatic carbocycles. The van der Waals surface area contributed by atoms with E-state index in [9.17, 15) is 9.90 Å². The first-order valence-electron chi connectivity index (χ1n) is 9.85. The lowest BCUT2D eigenvalue weighted by Gasteiger charge is -2.33. The predicted octanol–water partition coefficient (Wildman–Crippen LogP) is 1.31. The second-order valence-electron chi connectivity index (χ2n) is 7.50. The first-order valence-corrected chi connectivity index (χ1v) is 10.3. The van der Waals surface area contributed by atoms with Crippen LogP contribution in [0.1, 0.15) is 42.5 Å². The maximum atomic E-state index is 13.0. The number of hydrogen-bond acceptors (Lipinski definition) is 6. The van der Waals surface area contributed by atoms with Crippen LogP contribution in [-0.2, 0) is 13.0 Å². The van der Waals surface area contributed by atoms with Gasteiger partial charge in [0.2, 0.25) is 18.4 Å². The molecule has 4 rings (SSSR count). The molecule has 2 aliphatic rings. The van der Waals surface area contributed by atoms with E-state index in [1.165, 1.54) is 0 Å². The highest BCUT2D eigenvalue weighted by Crippen LogP contribution is 2.48. The van der Waals surface area contributed by atoms with Crippen LogP contribution in [0.3, 0.4) is 0 Å². The Labute approximate surface area is 173 Å². The van der Waals surface area contributed by atoms with E-state index >= 15 is 0 Å². The van der Waals surface area contributed by atoms with Crippen LogP contribution in [0, 0.1) is 4.77 Å². The Hall–Kier alpha value is -2.52. The Morgan fingerprint density at radius 3 is 2.93 bits per heavy atom. The molecule has 2 aromatic rings. The third kappa shape index (κ3) is 3.18. The number of unbranched alkanes of at least 4 members (excludes halogenated alkanes) is 1. The zero-order valence-corrected chi connectivity index (χ0v) is 17.6. The number of aromatic amines is 1. The molecule has 0 saturated carbocycles. The number of methoxy groups -OCH3 is 1. The van der Waals surface area contributed by atoms with Gasteiger partial charge in [0.25, 0.3) is 5.56 Å². The SMILES string of the molecule is CCCCn1c(O)c([C@@H]2c3c(cc4c(c3OC)OCO4)CC[NH+]2C)c(=O)[nH]c1=S. The number of rotatable bonds is 5. The van der Waals surface area contributed by atoms with Gasteiger partial charge in [-0.05, 0) is 30.3 Å². The normalized spacial score (nSPS) is 19.8. The summed E-state index contributed by atoms with van der Waals surface area (Å²) < 4.78 is 18.7. The van der Waals surface area contributed by atoms with Gasteiger partial charge in [0.05, 0.1) is 26.3 Å². The van der Waals surface area contributed by atoms with E-state index in [1.807, 2.05) is 13.1 Å². The quantitative estimate of drug-likeness (QED) is 0.632. The first-order chi connectivity index (χ1) is 14.0. The minimum absolute atomic E-state index is 0.0795. The van der Waals surface area contributed by atoms with E-state index in [1.54, 1.807) is 11.7 Å². The highest BCUT2D eigenvalue weighted by molar-refractivity contribution is 7.71. The van der Waals surface area contributed by atoms with Crippen molar-refractivity contribution in [3.05, 3.63) is 37.9 Å². The van der Waals surface area contributed by atoms with Gasteiger partial charge in [-0.2, -0.15) is 0 Å². The molecule has 1 unspecified atom stereocenters. The van der Waals surface area contributed by atoms with Crippen molar-refractivity contribution in [2.75, 3.05) is 27.5 Å². The van der Waals surface area contributed by atoms with Gasteiger partial charge in [0, 0.05) is 13.0 Å². The van der Waals surface area contributed by atoms with Crippen molar-refractivity contribution in [3.8, 4) is 23.1 Å². The van der Waals surface area contributed by atoms with Crippen LogP contribution in [0.2, 0.25) is 0 Å². The minimum Gasteiger partial charge on any atom is -0.494 e. The maximum absolute atomic E-state index is 13.0. The molecule has 9 heteroatoms. The Kier molecular flexibility index (Phi) is 5.26. The monoisotopic (exact) mass is 420 g/mol. The maximum Gasteiger partial charge on any atom is 0.265 e. The minimum atomic E-state index is -0.421. The lowest BCUT2D eigenvalue weighted by atomic mass is 9.87. The summed E-state index contributed by atoms with van der Waals surface area (Å²) in [7, 11) is 3.59. The number of likely N-dealkylation sites (N-methyl/N-ethyl adjacent to an activating group) is 1. The molecular formula is C20H26N3O5S+. The Morgan fingerprint density at radius 2 is 2.21 bits per heavy atom. The molecule has 29 heavy (non-hydrogen) atoms. The summed E-state index contributed by atoms with van der Waals surface area (Å²) in [6.07, 6.45) is 2.60. The summed E-state index contributed by atoms with van der Waals surface area (Å²) in [5.41, 5.74) is 1.80. The Morgan fingerprint density at radius 1 is 1.41 bits per heavy atom. The number of benzene rings is 1. The van der Waals surface area contributed by atoms with E-state index in [4.69, 9.17) is 26.4 Å². The van der Waals surface area contributed by atoms with Gasteiger partial charge in [-0.3, -0.25) is 14.3 Å². The largest absolute Gasteiger partial charge is 0.494 e. The topological polar surface area (TPSA) is 90.2 Å². The standard InChI is InChI=1S/C20H25N3O5S/c1-4-5-7-23-19(25)14(18(24)21-20(23)29)15-13-11(6-8-22(15)2)9-12-16(17(13)26-3)28-10-27-12/h9,15,25H,4-8,10H2,1-3H3,(H,21,24,29)/p+1/t15-/m0/s1. The molecule has 0 bridgehead atoms. The van der Waals surface area contributed by atoms with E-state index < -0.39 is 6.04 Å². The number of aromatic hydroxyl groups is 1. The lowest BCUT2D eigenvalue weighted by molar-refractivity contribution is -0.908. The van der Waals surface area contributed by atoms with Gasteiger partial charge in [0.15, 0.2) is 22.3 Å².